The first-order chi connectivity index (χ1) is 16.3. The molecule has 1 amide bonds. The second-order valence-electron chi connectivity index (χ2n) is 10.5. The summed E-state index contributed by atoms with van der Waals surface area (Å²) in [6.07, 6.45) is 0.838. The Hall–Kier alpha value is -2.45. The summed E-state index contributed by atoms with van der Waals surface area (Å²) in [6, 6.07) is 21.7. The molecule has 1 aromatic heterocycles. The number of nitrogens with zero attached hydrogens (tertiary/aromatic N) is 2. The Kier molecular flexibility index (Phi) is 7.25. The predicted octanol–water partition coefficient (Wildman–Crippen LogP) is 3.20. The number of amides is 1. The third-order valence-corrected chi connectivity index (χ3v) is 12.2. The van der Waals surface area contributed by atoms with Crippen molar-refractivity contribution in [2.45, 2.75) is 57.8 Å². The van der Waals surface area contributed by atoms with Gasteiger partial charge in [0, 0.05) is 31.1 Å². The maximum Gasteiger partial charge on any atom is 0.269 e. The molecule has 0 unspecified atom stereocenters. The van der Waals surface area contributed by atoms with Crippen molar-refractivity contribution >= 4 is 37.0 Å². The van der Waals surface area contributed by atoms with Crippen molar-refractivity contribution in [2.24, 2.45) is 0 Å². The number of hydrogen-bond acceptors (Lipinski definition) is 4. The third kappa shape index (κ3) is 4.46. The molecule has 2 aromatic carbocycles. The van der Waals surface area contributed by atoms with Crippen molar-refractivity contribution in [2.75, 3.05) is 13.2 Å². The number of carbonyl (C=O) groups excluding carboxylic acids is 1. The van der Waals surface area contributed by atoms with Gasteiger partial charge in [0.05, 0.1) is 18.3 Å². The molecule has 5 rings (SSSR count). The molecular weight excluding hydrogens is 476 g/mol. The summed E-state index contributed by atoms with van der Waals surface area (Å²) in [5.74, 6) is -0.0354. The Morgan fingerprint density at radius 1 is 1.06 bits per heavy atom. The van der Waals surface area contributed by atoms with Crippen molar-refractivity contribution in [3.8, 4) is 0 Å². The summed E-state index contributed by atoms with van der Waals surface area (Å²) in [5, 5.41) is 13.9. The number of aromatic nitrogens is 2. The fourth-order valence-corrected chi connectivity index (χ4v) is 10.1. The summed E-state index contributed by atoms with van der Waals surface area (Å²) >= 11 is 0. The van der Waals surface area contributed by atoms with Crippen LogP contribution in [0.4, 0.5) is 0 Å². The van der Waals surface area contributed by atoms with Gasteiger partial charge in [0.1, 0.15) is 5.69 Å². The minimum Gasteiger partial charge on any atom is -0.405 e. The van der Waals surface area contributed by atoms with Crippen LogP contribution in [0.5, 0.6) is 0 Å². The van der Waals surface area contributed by atoms with Crippen molar-refractivity contribution in [1.29, 1.82) is 0 Å². The summed E-state index contributed by atoms with van der Waals surface area (Å²) < 4.78 is 9.11. The van der Waals surface area contributed by atoms with Crippen molar-refractivity contribution in [3.05, 3.63) is 77.6 Å². The van der Waals surface area contributed by atoms with Crippen LogP contribution in [0.25, 0.3) is 0 Å². The molecule has 2 aliphatic heterocycles. The lowest BCUT2D eigenvalue weighted by Gasteiger charge is -2.44. The molecule has 35 heavy (non-hydrogen) atoms. The second-order valence-corrected chi connectivity index (χ2v) is 14.8. The highest BCUT2D eigenvalue weighted by Gasteiger charge is 2.50. The number of nitrogens with one attached hydrogen (secondary N) is 2. The van der Waals surface area contributed by atoms with Crippen molar-refractivity contribution in [3.63, 3.8) is 0 Å². The minimum absolute atomic E-state index is 0. The van der Waals surface area contributed by atoms with E-state index in [-0.39, 0.29) is 29.4 Å². The van der Waals surface area contributed by atoms with Gasteiger partial charge < -0.3 is 15.1 Å². The van der Waals surface area contributed by atoms with Crippen LogP contribution < -0.4 is 21.0 Å². The molecule has 2 N–H and O–H groups in total. The van der Waals surface area contributed by atoms with Gasteiger partial charge in [0.25, 0.3) is 14.2 Å². The number of hydrogen-bond donors (Lipinski definition) is 2. The Morgan fingerprint density at radius 3 is 2.23 bits per heavy atom. The average molecular weight is 511 g/mol. The SMILES string of the molecule is C[C@@H]1Cc2nn3c(c2CN1)C(=O)NC[C@H]3CO[Si](c1ccccc1)(c1ccccc1)C(C)(C)C.Cl. The van der Waals surface area contributed by atoms with Crippen LogP contribution in [0.3, 0.4) is 0 Å². The van der Waals surface area contributed by atoms with E-state index in [1.165, 1.54) is 10.4 Å². The highest BCUT2D eigenvalue weighted by molar-refractivity contribution is 6.99. The van der Waals surface area contributed by atoms with Crippen LogP contribution >= 0.6 is 12.4 Å². The molecule has 8 heteroatoms. The molecule has 0 radical (unpaired) electrons. The van der Waals surface area contributed by atoms with Crippen LogP contribution in [0.15, 0.2) is 60.7 Å². The molecule has 2 aliphatic rings. The van der Waals surface area contributed by atoms with Gasteiger partial charge in [-0.15, -0.1) is 12.4 Å². The lowest BCUT2D eigenvalue weighted by atomic mass is 10.0. The zero-order chi connectivity index (χ0) is 23.9. The zero-order valence-electron chi connectivity index (χ0n) is 20.9. The molecular formula is C27H35ClN4O2Si. The Labute approximate surface area is 215 Å². The van der Waals surface area contributed by atoms with Crippen molar-refractivity contribution < 1.29 is 9.22 Å². The van der Waals surface area contributed by atoms with Gasteiger partial charge >= 0.3 is 0 Å². The highest BCUT2D eigenvalue weighted by atomic mass is 35.5. The van der Waals surface area contributed by atoms with E-state index in [0.29, 0.717) is 31.4 Å². The fraction of sp³-hybridized carbons (Fsp3) is 0.407. The average Bonchev–Trinajstić information content (AvgIpc) is 3.21. The van der Waals surface area contributed by atoms with E-state index in [4.69, 9.17) is 9.52 Å². The maximum absolute atomic E-state index is 12.8. The normalized spacial score (nSPS) is 19.8. The fourth-order valence-electron chi connectivity index (χ4n) is 5.50. The number of benzene rings is 2. The molecule has 2 atom stereocenters. The van der Waals surface area contributed by atoms with Gasteiger partial charge in [-0.25, -0.2) is 0 Å². The van der Waals surface area contributed by atoms with E-state index < -0.39 is 8.32 Å². The Morgan fingerprint density at radius 2 is 1.66 bits per heavy atom. The van der Waals surface area contributed by atoms with Gasteiger partial charge in [0.2, 0.25) is 0 Å². The van der Waals surface area contributed by atoms with E-state index in [0.717, 1.165) is 17.7 Å². The molecule has 0 aliphatic carbocycles. The number of rotatable bonds is 5. The van der Waals surface area contributed by atoms with E-state index in [1.807, 2.05) is 4.68 Å². The standard InChI is InChI=1S/C27H34N4O2Si.ClH/c1-19-15-24-23(17-28-19)25-26(32)29-16-20(31(25)30-24)18-33-34(27(2,3)4,21-11-7-5-8-12-21)22-13-9-6-10-14-22;/h5-14,19-20,28H,15-18H2,1-4H3,(H,29,32);1H/t19-,20+;/m1./s1. The monoisotopic (exact) mass is 510 g/mol. The molecule has 186 valence electrons. The Bertz CT molecular complexity index is 1140. The van der Waals surface area contributed by atoms with Crippen LogP contribution in [0.1, 0.15) is 55.5 Å². The first kappa shape index (κ1) is 25.6. The van der Waals surface area contributed by atoms with E-state index in [1.54, 1.807) is 0 Å². The lowest BCUT2D eigenvalue weighted by Crippen LogP contribution is -2.67. The van der Waals surface area contributed by atoms with Gasteiger partial charge in [0.15, 0.2) is 0 Å². The van der Waals surface area contributed by atoms with E-state index >= 15 is 0 Å². The van der Waals surface area contributed by atoms with E-state index in [9.17, 15) is 4.79 Å². The van der Waals surface area contributed by atoms with E-state index in [2.05, 4.69) is 99.0 Å². The summed E-state index contributed by atoms with van der Waals surface area (Å²) in [4.78, 5) is 12.8. The topological polar surface area (TPSA) is 68.2 Å². The largest absolute Gasteiger partial charge is 0.405 e. The van der Waals surface area contributed by atoms with Gasteiger partial charge in [-0.1, -0.05) is 81.4 Å². The van der Waals surface area contributed by atoms with Crippen LogP contribution in [0.2, 0.25) is 5.04 Å². The molecule has 0 bridgehead atoms. The van der Waals surface area contributed by atoms with Gasteiger partial charge in [-0.2, -0.15) is 5.10 Å². The van der Waals surface area contributed by atoms with Crippen LogP contribution in [-0.2, 0) is 17.4 Å². The lowest BCUT2D eigenvalue weighted by molar-refractivity contribution is 0.0889. The zero-order valence-corrected chi connectivity index (χ0v) is 22.7. The highest BCUT2D eigenvalue weighted by Crippen LogP contribution is 2.37. The summed E-state index contributed by atoms with van der Waals surface area (Å²) in [6.45, 7) is 10.7. The minimum atomic E-state index is -2.66. The first-order valence-corrected chi connectivity index (χ1v) is 14.1. The second kappa shape index (κ2) is 9.89. The predicted molar refractivity (Wildman–Crippen MR) is 144 cm³/mol. The van der Waals surface area contributed by atoms with Gasteiger partial charge in [-0.3, -0.25) is 9.48 Å². The number of halogens is 1. The van der Waals surface area contributed by atoms with Crippen LogP contribution in [-0.4, -0.2) is 43.2 Å². The molecule has 0 saturated carbocycles. The third-order valence-electron chi connectivity index (χ3n) is 7.19. The maximum atomic E-state index is 12.8. The first-order valence-electron chi connectivity index (χ1n) is 12.2. The smallest absolute Gasteiger partial charge is 0.269 e. The van der Waals surface area contributed by atoms with Crippen LogP contribution in [0, 0.1) is 0 Å². The van der Waals surface area contributed by atoms with Crippen molar-refractivity contribution in [1.82, 2.24) is 20.4 Å². The number of fused-ring (bicyclic) bond motifs is 3. The molecule has 0 saturated heterocycles. The van der Waals surface area contributed by atoms with Gasteiger partial charge in [-0.05, 0) is 22.3 Å². The Balaban J connectivity index is 0.00000289. The molecule has 0 spiro atoms. The number of carbonyl (C=O) groups is 1. The molecule has 3 aromatic rings. The quantitative estimate of drug-likeness (QED) is 0.517. The summed E-state index contributed by atoms with van der Waals surface area (Å²) in [5.41, 5.74) is 2.76. The molecule has 3 heterocycles. The molecule has 0 fully saturated rings. The summed E-state index contributed by atoms with van der Waals surface area (Å²) in [7, 11) is -2.66. The molecule has 6 nitrogen and oxygen atoms in total.